The van der Waals surface area contributed by atoms with E-state index in [0.29, 0.717) is 23.7 Å². The fourth-order valence-electron chi connectivity index (χ4n) is 3.19. The number of hydrogen-bond donors (Lipinski definition) is 1. The molecular formula is C22H27ClN2O3. The van der Waals surface area contributed by atoms with E-state index in [1.165, 1.54) is 5.56 Å². The Morgan fingerprint density at radius 1 is 1.18 bits per heavy atom. The van der Waals surface area contributed by atoms with Crippen LogP contribution < -0.4 is 10.1 Å². The maximum Gasteiger partial charge on any atom is 0.261 e. The Morgan fingerprint density at radius 3 is 2.68 bits per heavy atom. The summed E-state index contributed by atoms with van der Waals surface area (Å²) < 4.78 is 11.2. The third-order valence-corrected chi connectivity index (χ3v) is 4.94. The summed E-state index contributed by atoms with van der Waals surface area (Å²) in [6, 6.07) is 15.4. The lowest BCUT2D eigenvalue weighted by atomic mass is 10.1. The molecule has 1 fully saturated rings. The third kappa shape index (κ3) is 6.23. The van der Waals surface area contributed by atoms with Crippen molar-refractivity contribution in [2.45, 2.75) is 32.5 Å². The van der Waals surface area contributed by atoms with Crippen molar-refractivity contribution in [3.63, 3.8) is 0 Å². The molecule has 1 aliphatic rings. The molecule has 2 aromatic rings. The lowest BCUT2D eigenvalue weighted by Gasteiger charge is -2.26. The summed E-state index contributed by atoms with van der Waals surface area (Å²) in [7, 11) is 0. The van der Waals surface area contributed by atoms with Crippen LogP contribution >= 0.6 is 11.6 Å². The van der Waals surface area contributed by atoms with Crippen LogP contribution in [0, 0.1) is 0 Å². The molecule has 1 unspecified atom stereocenters. The van der Waals surface area contributed by atoms with E-state index in [1.807, 2.05) is 25.1 Å². The third-order valence-electron chi connectivity index (χ3n) is 4.71. The first-order valence-electron chi connectivity index (χ1n) is 9.72. The number of rotatable bonds is 8. The van der Waals surface area contributed by atoms with Gasteiger partial charge in [-0.15, -0.1) is 0 Å². The minimum absolute atomic E-state index is 0.124. The Hall–Kier alpha value is -2.08. The highest BCUT2D eigenvalue weighted by Gasteiger charge is 2.18. The quantitative estimate of drug-likeness (QED) is 0.732. The second-order valence-corrected chi connectivity index (χ2v) is 7.33. The number of amides is 1. The molecule has 0 saturated carbocycles. The van der Waals surface area contributed by atoms with Crippen LogP contribution in [-0.2, 0) is 22.6 Å². The van der Waals surface area contributed by atoms with Gasteiger partial charge in [-0.2, -0.15) is 0 Å². The van der Waals surface area contributed by atoms with E-state index in [0.717, 1.165) is 38.4 Å². The summed E-state index contributed by atoms with van der Waals surface area (Å²) in [4.78, 5) is 14.9. The summed E-state index contributed by atoms with van der Waals surface area (Å²) in [5.74, 6) is 0.475. The molecule has 28 heavy (non-hydrogen) atoms. The number of nitrogens with one attached hydrogen (secondary N) is 1. The van der Waals surface area contributed by atoms with Crippen molar-refractivity contribution in [1.29, 1.82) is 0 Å². The predicted octanol–water partition coefficient (Wildman–Crippen LogP) is 3.65. The van der Waals surface area contributed by atoms with E-state index >= 15 is 0 Å². The maximum atomic E-state index is 12.5. The minimum Gasteiger partial charge on any atom is -0.481 e. The Balaban J connectivity index is 1.53. The lowest BCUT2D eigenvalue weighted by molar-refractivity contribution is -0.128. The zero-order chi connectivity index (χ0) is 19.8. The molecule has 0 radical (unpaired) electrons. The standard InChI is InChI=1S/C22H27ClN2O3/c1-2-21(28-20-8-4-7-19(23)14-20)22(26)24-15-17-5-3-6-18(13-17)16-25-9-11-27-12-10-25/h3-8,13-14,21H,2,9-12,15-16H2,1H3,(H,24,26). The SMILES string of the molecule is CCC(Oc1cccc(Cl)c1)C(=O)NCc1cccc(CN2CCOCC2)c1. The normalized spacial score (nSPS) is 15.8. The van der Waals surface area contributed by atoms with Gasteiger partial charge in [0, 0.05) is 31.2 Å². The van der Waals surface area contributed by atoms with Gasteiger partial charge in [0.1, 0.15) is 5.75 Å². The van der Waals surface area contributed by atoms with Crippen molar-refractivity contribution in [2.75, 3.05) is 26.3 Å². The Morgan fingerprint density at radius 2 is 1.93 bits per heavy atom. The van der Waals surface area contributed by atoms with Crippen molar-refractivity contribution in [1.82, 2.24) is 10.2 Å². The molecular weight excluding hydrogens is 376 g/mol. The highest BCUT2D eigenvalue weighted by atomic mass is 35.5. The van der Waals surface area contributed by atoms with E-state index in [-0.39, 0.29) is 5.91 Å². The molecule has 0 bridgehead atoms. The first kappa shape index (κ1) is 20.6. The molecule has 1 aliphatic heterocycles. The summed E-state index contributed by atoms with van der Waals surface area (Å²) in [5.41, 5.74) is 2.33. The molecule has 1 saturated heterocycles. The molecule has 0 spiro atoms. The van der Waals surface area contributed by atoms with Gasteiger partial charge in [-0.05, 0) is 35.7 Å². The van der Waals surface area contributed by atoms with Gasteiger partial charge in [-0.25, -0.2) is 0 Å². The number of carbonyl (C=O) groups excluding carboxylic acids is 1. The van der Waals surface area contributed by atoms with Crippen LogP contribution in [0.2, 0.25) is 5.02 Å². The van der Waals surface area contributed by atoms with Crippen molar-refractivity contribution in [2.24, 2.45) is 0 Å². The largest absolute Gasteiger partial charge is 0.481 e. The average Bonchev–Trinajstić information content (AvgIpc) is 2.71. The molecule has 0 aromatic heterocycles. The molecule has 1 heterocycles. The van der Waals surface area contributed by atoms with Crippen molar-refractivity contribution in [3.05, 3.63) is 64.7 Å². The topological polar surface area (TPSA) is 50.8 Å². The van der Waals surface area contributed by atoms with E-state index < -0.39 is 6.10 Å². The van der Waals surface area contributed by atoms with Gasteiger partial charge >= 0.3 is 0 Å². The summed E-state index contributed by atoms with van der Waals surface area (Å²) in [6.07, 6.45) is 0.0325. The first-order chi connectivity index (χ1) is 13.6. The van der Waals surface area contributed by atoms with Crippen LogP contribution in [0.1, 0.15) is 24.5 Å². The fraction of sp³-hybridized carbons (Fsp3) is 0.409. The highest BCUT2D eigenvalue weighted by molar-refractivity contribution is 6.30. The molecule has 1 N–H and O–H groups in total. The van der Waals surface area contributed by atoms with Crippen LogP contribution in [0.3, 0.4) is 0 Å². The molecule has 6 heteroatoms. The highest BCUT2D eigenvalue weighted by Crippen LogP contribution is 2.19. The van der Waals surface area contributed by atoms with Gasteiger partial charge in [0.15, 0.2) is 6.10 Å². The first-order valence-corrected chi connectivity index (χ1v) is 10.1. The number of hydrogen-bond acceptors (Lipinski definition) is 4. The molecule has 5 nitrogen and oxygen atoms in total. The van der Waals surface area contributed by atoms with Gasteiger partial charge in [-0.3, -0.25) is 9.69 Å². The molecule has 1 amide bonds. The molecule has 2 aromatic carbocycles. The minimum atomic E-state index is -0.546. The van der Waals surface area contributed by atoms with Crippen LogP contribution in [0.25, 0.3) is 0 Å². The van der Waals surface area contributed by atoms with Gasteiger partial charge in [0.2, 0.25) is 0 Å². The van der Waals surface area contributed by atoms with Gasteiger partial charge in [0.05, 0.1) is 13.2 Å². The monoisotopic (exact) mass is 402 g/mol. The molecule has 3 rings (SSSR count). The van der Waals surface area contributed by atoms with E-state index in [1.54, 1.807) is 18.2 Å². The number of benzene rings is 2. The second kappa shape index (κ2) is 10.5. The van der Waals surface area contributed by atoms with Crippen LogP contribution in [0.4, 0.5) is 0 Å². The van der Waals surface area contributed by atoms with Crippen molar-refractivity contribution < 1.29 is 14.3 Å². The maximum absolute atomic E-state index is 12.5. The molecule has 150 valence electrons. The Labute approximate surface area is 171 Å². The lowest BCUT2D eigenvalue weighted by Crippen LogP contribution is -2.37. The number of carbonyl (C=O) groups is 1. The van der Waals surface area contributed by atoms with Gasteiger partial charge in [0.25, 0.3) is 5.91 Å². The predicted molar refractivity (Wildman–Crippen MR) is 111 cm³/mol. The van der Waals surface area contributed by atoms with E-state index in [2.05, 4.69) is 22.3 Å². The van der Waals surface area contributed by atoms with Gasteiger partial charge in [-0.1, -0.05) is 48.9 Å². The zero-order valence-corrected chi connectivity index (χ0v) is 17.0. The fourth-order valence-corrected chi connectivity index (χ4v) is 3.37. The summed E-state index contributed by atoms with van der Waals surface area (Å²) in [6.45, 7) is 6.81. The number of ether oxygens (including phenoxy) is 2. The van der Waals surface area contributed by atoms with Crippen molar-refractivity contribution in [3.8, 4) is 5.75 Å². The second-order valence-electron chi connectivity index (χ2n) is 6.90. The Kier molecular flexibility index (Phi) is 7.71. The van der Waals surface area contributed by atoms with Crippen molar-refractivity contribution >= 4 is 17.5 Å². The summed E-state index contributed by atoms with van der Waals surface area (Å²) in [5, 5.41) is 3.57. The van der Waals surface area contributed by atoms with E-state index in [9.17, 15) is 4.79 Å². The summed E-state index contributed by atoms with van der Waals surface area (Å²) >= 11 is 5.99. The van der Waals surface area contributed by atoms with Crippen LogP contribution in [-0.4, -0.2) is 43.2 Å². The van der Waals surface area contributed by atoms with Crippen LogP contribution in [0.15, 0.2) is 48.5 Å². The van der Waals surface area contributed by atoms with Gasteiger partial charge < -0.3 is 14.8 Å². The average molecular weight is 403 g/mol. The van der Waals surface area contributed by atoms with Crippen LogP contribution in [0.5, 0.6) is 5.75 Å². The zero-order valence-electron chi connectivity index (χ0n) is 16.2. The molecule has 0 aliphatic carbocycles. The molecule has 1 atom stereocenters. The number of morpholine rings is 1. The number of nitrogens with zero attached hydrogens (tertiary/aromatic N) is 1. The Bertz CT molecular complexity index is 778. The number of halogens is 1. The smallest absolute Gasteiger partial charge is 0.261 e. The van der Waals surface area contributed by atoms with E-state index in [4.69, 9.17) is 21.1 Å².